The highest BCUT2D eigenvalue weighted by Gasteiger charge is 2.64. The van der Waals surface area contributed by atoms with Crippen LogP contribution < -0.4 is 4.74 Å². The summed E-state index contributed by atoms with van der Waals surface area (Å²) in [7, 11) is -6.61. The van der Waals surface area contributed by atoms with Gasteiger partial charge in [-0.15, -0.1) is 11.8 Å². The molecule has 0 aliphatic carbocycles. The molecule has 1 aromatic carbocycles. The summed E-state index contributed by atoms with van der Waals surface area (Å²) < 4.78 is 102. The molecule has 4 rings (SSSR count). The number of carbonyl (C=O) groups excluding carboxylic acids is 2. The molecular weight excluding hydrogens is 611 g/mol. The van der Waals surface area contributed by atoms with E-state index in [-0.39, 0.29) is 18.4 Å². The number of esters is 2. The first-order valence-electron chi connectivity index (χ1n) is 9.42. The van der Waals surface area contributed by atoms with Gasteiger partial charge < -0.3 is 18.8 Å². The summed E-state index contributed by atoms with van der Waals surface area (Å²) in [5, 5.41) is -6.73. The van der Waals surface area contributed by atoms with Crippen LogP contribution in [0, 0.1) is 9.49 Å². The van der Waals surface area contributed by atoms with E-state index in [1.807, 2.05) is 22.6 Å². The molecule has 0 aromatic heterocycles. The molecule has 2 bridgehead atoms. The maximum Gasteiger partial charge on any atom is 0.396 e. The van der Waals surface area contributed by atoms with E-state index in [9.17, 15) is 40.1 Å². The Morgan fingerprint density at radius 3 is 2.61 bits per heavy atom. The molecule has 0 N–H and O–H groups in total. The van der Waals surface area contributed by atoms with Crippen molar-refractivity contribution < 1.29 is 54.3 Å². The zero-order chi connectivity index (χ0) is 24.4. The third-order valence-corrected chi connectivity index (χ3v) is 9.16. The fraction of sp³-hybridized carbons (Fsp3) is 0.556. The minimum absolute atomic E-state index is 0.126. The second-order valence-electron chi connectivity index (χ2n) is 7.72. The smallest absolute Gasteiger partial charge is 0.396 e. The second-order valence-corrected chi connectivity index (χ2v) is 11.8. The first-order chi connectivity index (χ1) is 15.2. The maximum atomic E-state index is 13.5. The van der Waals surface area contributed by atoms with Crippen molar-refractivity contribution in [3.63, 3.8) is 0 Å². The maximum absolute atomic E-state index is 13.5. The van der Waals surface area contributed by atoms with Gasteiger partial charge in [0, 0.05) is 11.7 Å². The number of hydrogen-bond acceptors (Lipinski definition) is 9. The van der Waals surface area contributed by atoms with E-state index < -0.39 is 68.5 Å². The largest absolute Gasteiger partial charge is 0.743 e. The minimum Gasteiger partial charge on any atom is -0.743 e. The van der Waals surface area contributed by atoms with Crippen LogP contribution in [0.15, 0.2) is 18.2 Å². The fourth-order valence-corrected chi connectivity index (χ4v) is 6.94. The molecule has 33 heavy (non-hydrogen) atoms. The molecule has 1 aromatic rings. The highest BCUT2D eigenvalue weighted by atomic mass is 127. The number of rotatable bonds is 6. The lowest BCUT2D eigenvalue weighted by atomic mass is 9.84. The highest BCUT2D eigenvalue weighted by Crippen LogP contribution is 2.58. The Morgan fingerprint density at radius 1 is 1.30 bits per heavy atom. The zero-order valence-electron chi connectivity index (χ0n) is 16.3. The van der Waals surface area contributed by atoms with Crippen LogP contribution in [0.25, 0.3) is 0 Å². The molecule has 4 unspecified atom stereocenters. The van der Waals surface area contributed by atoms with E-state index in [2.05, 4.69) is 4.74 Å². The Morgan fingerprint density at radius 2 is 2.00 bits per heavy atom. The van der Waals surface area contributed by atoms with E-state index in [0.29, 0.717) is 9.32 Å². The van der Waals surface area contributed by atoms with Gasteiger partial charge >= 0.3 is 23.1 Å². The monoisotopic (exact) mass is 625 g/mol. The predicted octanol–water partition coefficient (Wildman–Crippen LogP) is 3.14. The normalized spacial score (nSPS) is 28.9. The Bertz CT molecular complexity index is 1110. The van der Waals surface area contributed by atoms with Crippen molar-refractivity contribution >= 4 is 56.4 Å². The molecule has 0 saturated carbocycles. The number of hydrogen-bond donors (Lipinski definition) is 0. The van der Waals surface area contributed by atoms with Gasteiger partial charge in [0.25, 0.3) is 5.79 Å². The number of carbonyl (C=O) groups is 2. The lowest BCUT2D eigenvalue weighted by molar-refractivity contribution is -0.180. The molecule has 8 nitrogen and oxygen atoms in total. The van der Waals surface area contributed by atoms with Crippen molar-refractivity contribution in [3.8, 4) is 5.75 Å². The van der Waals surface area contributed by atoms with Gasteiger partial charge in [0.1, 0.15) is 5.56 Å². The fourth-order valence-electron chi connectivity index (χ4n) is 3.99. The molecule has 15 heteroatoms. The Labute approximate surface area is 202 Å². The van der Waals surface area contributed by atoms with Gasteiger partial charge in [0.05, 0.1) is 27.8 Å². The van der Waals surface area contributed by atoms with E-state index in [1.54, 1.807) is 18.2 Å². The summed E-state index contributed by atoms with van der Waals surface area (Å²) in [6, 6.07) is 4.99. The summed E-state index contributed by atoms with van der Waals surface area (Å²) in [4.78, 5) is 24.8. The molecule has 4 atom stereocenters. The predicted molar refractivity (Wildman–Crippen MR) is 111 cm³/mol. The molecule has 3 heterocycles. The molecular formula is C18H14F4IO8S2-. The number of para-hydroxylation sites is 1. The van der Waals surface area contributed by atoms with E-state index in [0.717, 1.165) is 0 Å². The minimum atomic E-state index is -6.61. The van der Waals surface area contributed by atoms with Crippen LogP contribution in [0.4, 0.5) is 17.6 Å². The Hall–Kier alpha value is -1.33. The van der Waals surface area contributed by atoms with Crippen LogP contribution in [0.5, 0.6) is 5.75 Å². The van der Waals surface area contributed by atoms with Crippen LogP contribution >= 0.6 is 34.4 Å². The molecule has 0 amide bonds. The van der Waals surface area contributed by atoms with Crippen molar-refractivity contribution in [2.75, 3.05) is 6.61 Å². The molecule has 2 fully saturated rings. The first kappa shape index (κ1) is 24.8. The number of halogens is 5. The number of ether oxygens (including phenoxy) is 3. The third-order valence-electron chi connectivity index (χ3n) is 5.66. The summed E-state index contributed by atoms with van der Waals surface area (Å²) in [5.74, 6) is -8.44. The van der Waals surface area contributed by atoms with Crippen LogP contribution in [0.3, 0.4) is 0 Å². The summed E-state index contributed by atoms with van der Waals surface area (Å²) >= 11 is 3.32. The molecule has 1 spiro atoms. The first-order valence-corrected chi connectivity index (χ1v) is 12.9. The molecule has 0 radical (unpaired) electrons. The number of fused-ring (bicyclic) bond motifs is 4. The quantitative estimate of drug-likeness (QED) is 0.203. The average Bonchev–Trinajstić information content (AvgIpc) is 3.26. The number of alkyl halides is 4. The number of thioether (sulfide) groups is 1. The van der Waals surface area contributed by atoms with Crippen molar-refractivity contribution in [1.82, 2.24) is 0 Å². The summed E-state index contributed by atoms with van der Waals surface area (Å²) in [6.45, 7) is -1.21. The zero-order valence-corrected chi connectivity index (χ0v) is 20.1. The highest BCUT2D eigenvalue weighted by molar-refractivity contribution is 14.1. The van der Waals surface area contributed by atoms with Crippen LogP contribution in [-0.4, -0.2) is 59.0 Å². The molecule has 2 saturated heterocycles. The SMILES string of the molecule is O=C1OC2(CC3SC2CC3C(=O)OCCC(F)(F)C(F)(F)S(=O)(=O)[O-])Oc2c(I)cccc21. The summed E-state index contributed by atoms with van der Waals surface area (Å²) in [5.41, 5.74) is 0.272. The van der Waals surface area contributed by atoms with Gasteiger partial charge in [-0.25, -0.2) is 13.2 Å². The van der Waals surface area contributed by atoms with Gasteiger partial charge in [0.2, 0.25) is 0 Å². The van der Waals surface area contributed by atoms with Crippen molar-refractivity contribution in [3.05, 3.63) is 27.3 Å². The summed E-state index contributed by atoms with van der Waals surface area (Å²) in [6.07, 6.45) is -1.59. The van der Waals surface area contributed by atoms with E-state index in [1.165, 1.54) is 11.8 Å². The topological polar surface area (TPSA) is 119 Å². The van der Waals surface area contributed by atoms with Gasteiger partial charge in [-0.1, -0.05) is 6.07 Å². The standard InChI is InChI=1S/C18H15F4IO8S2/c19-17(20,18(21,22)33(26,27)28)4-5-29-14(24)9-6-12-16(7-11(9)32-12)30-13-8(15(25)31-16)2-1-3-10(13)23/h1-3,9,11-12H,4-7H2,(H,26,27,28)/p-1. The van der Waals surface area contributed by atoms with E-state index >= 15 is 0 Å². The Kier molecular flexibility index (Phi) is 6.10. The number of benzene rings is 1. The second kappa shape index (κ2) is 8.12. The van der Waals surface area contributed by atoms with Crippen molar-refractivity contribution in [1.29, 1.82) is 0 Å². The van der Waals surface area contributed by atoms with Crippen LogP contribution in [0.2, 0.25) is 0 Å². The average molecular weight is 625 g/mol. The lowest BCUT2D eigenvalue weighted by Crippen LogP contribution is -2.53. The van der Waals surface area contributed by atoms with Crippen LogP contribution in [0.1, 0.15) is 29.6 Å². The molecule has 3 aliphatic heterocycles. The third kappa shape index (κ3) is 4.07. The lowest BCUT2D eigenvalue weighted by Gasteiger charge is -2.40. The van der Waals surface area contributed by atoms with Gasteiger partial charge in [-0.05, 0) is 41.1 Å². The van der Waals surface area contributed by atoms with Crippen molar-refractivity contribution in [2.24, 2.45) is 5.92 Å². The van der Waals surface area contributed by atoms with Gasteiger partial charge in [0.15, 0.2) is 15.9 Å². The van der Waals surface area contributed by atoms with Crippen molar-refractivity contribution in [2.45, 2.75) is 46.7 Å². The van der Waals surface area contributed by atoms with E-state index in [4.69, 9.17) is 9.47 Å². The molecule has 3 aliphatic rings. The van der Waals surface area contributed by atoms with Crippen LogP contribution in [-0.2, 0) is 24.4 Å². The van der Waals surface area contributed by atoms with Gasteiger partial charge in [-0.2, -0.15) is 17.6 Å². The van der Waals surface area contributed by atoms with Gasteiger partial charge in [-0.3, -0.25) is 4.79 Å². The Balaban J connectivity index is 1.38. The molecule has 182 valence electrons.